The Labute approximate surface area is 154 Å². The molecule has 1 aromatic heterocycles. The predicted octanol–water partition coefficient (Wildman–Crippen LogP) is 2.14. The maximum Gasteiger partial charge on any atom is 0.433 e. The summed E-state index contributed by atoms with van der Waals surface area (Å²) in [4.78, 5) is 17.5. The molecule has 2 heterocycles. The largest absolute Gasteiger partial charge is 0.433 e. The lowest BCUT2D eigenvalue weighted by Gasteiger charge is -2.18. The highest BCUT2D eigenvalue weighted by Crippen LogP contribution is 2.31. The van der Waals surface area contributed by atoms with Gasteiger partial charge in [0.1, 0.15) is 5.69 Å². The summed E-state index contributed by atoms with van der Waals surface area (Å²) in [5, 5.41) is 0. The van der Waals surface area contributed by atoms with E-state index >= 15 is 0 Å². The van der Waals surface area contributed by atoms with Crippen molar-refractivity contribution in [3.8, 4) is 0 Å². The molecule has 1 aliphatic rings. The zero-order valence-electron chi connectivity index (χ0n) is 14.2. The monoisotopic (exact) mass is 399 g/mol. The number of amides is 1. The van der Waals surface area contributed by atoms with Crippen molar-refractivity contribution in [1.82, 2.24) is 9.71 Å². The van der Waals surface area contributed by atoms with Crippen LogP contribution in [0.3, 0.4) is 0 Å². The lowest BCUT2D eigenvalue weighted by Crippen LogP contribution is -2.31. The van der Waals surface area contributed by atoms with Gasteiger partial charge in [-0.1, -0.05) is 12.1 Å². The van der Waals surface area contributed by atoms with Crippen molar-refractivity contribution in [1.29, 1.82) is 0 Å². The van der Waals surface area contributed by atoms with Gasteiger partial charge in [-0.25, -0.2) is 18.1 Å². The van der Waals surface area contributed by atoms with Crippen molar-refractivity contribution in [2.45, 2.75) is 23.9 Å². The van der Waals surface area contributed by atoms with Gasteiger partial charge in [0.15, 0.2) is 0 Å². The molecule has 144 valence electrons. The highest BCUT2D eigenvalue weighted by Gasteiger charge is 2.33. The van der Waals surface area contributed by atoms with Crippen molar-refractivity contribution in [2.24, 2.45) is 0 Å². The smallest absolute Gasteiger partial charge is 0.311 e. The molecule has 1 amide bonds. The van der Waals surface area contributed by atoms with Crippen LogP contribution in [0.2, 0.25) is 0 Å². The van der Waals surface area contributed by atoms with E-state index in [4.69, 9.17) is 0 Å². The van der Waals surface area contributed by atoms with E-state index in [-0.39, 0.29) is 17.0 Å². The molecular formula is C17H16F3N3O3S. The molecule has 6 nitrogen and oxygen atoms in total. The summed E-state index contributed by atoms with van der Waals surface area (Å²) >= 11 is 0. The number of nitrogens with zero attached hydrogens (tertiary/aromatic N) is 2. The fourth-order valence-electron chi connectivity index (χ4n) is 2.89. The summed E-state index contributed by atoms with van der Waals surface area (Å²) in [7, 11) is -2.39. The summed E-state index contributed by atoms with van der Waals surface area (Å²) in [6.07, 6.45) is -4.36. The second kappa shape index (κ2) is 6.93. The number of nitrogens with one attached hydrogen (secondary N) is 1. The van der Waals surface area contributed by atoms with E-state index in [1.165, 1.54) is 36.2 Å². The summed E-state index contributed by atoms with van der Waals surface area (Å²) in [6, 6.07) is 7.88. The van der Waals surface area contributed by atoms with Crippen LogP contribution in [0.15, 0.2) is 41.3 Å². The Morgan fingerprint density at radius 3 is 2.67 bits per heavy atom. The van der Waals surface area contributed by atoms with Gasteiger partial charge < -0.3 is 4.90 Å². The maximum atomic E-state index is 12.8. The van der Waals surface area contributed by atoms with Crippen LogP contribution in [0.4, 0.5) is 18.9 Å². The van der Waals surface area contributed by atoms with Gasteiger partial charge in [-0.05, 0) is 43.3 Å². The van der Waals surface area contributed by atoms with Gasteiger partial charge >= 0.3 is 6.18 Å². The Bertz CT molecular complexity index is 990. The molecule has 1 aromatic carbocycles. The van der Waals surface area contributed by atoms with Crippen LogP contribution in [0.25, 0.3) is 0 Å². The topological polar surface area (TPSA) is 79.4 Å². The van der Waals surface area contributed by atoms with E-state index in [2.05, 4.69) is 9.71 Å². The van der Waals surface area contributed by atoms with Crippen LogP contribution in [-0.2, 0) is 33.8 Å². The van der Waals surface area contributed by atoms with Crippen LogP contribution in [0.5, 0.6) is 0 Å². The molecule has 3 rings (SSSR count). The van der Waals surface area contributed by atoms with Gasteiger partial charge in [-0.15, -0.1) is 0 Å². The van der Waals surface area contributed by atoms with Crippen molar-refractivity contribution >= 4 is 21.6 Å². The van der Waals surface area contributed by atoms with Gasteiger partial charge in [0, 0.05) is 12.2 Å². The Kier molecular flexibility index (Phi) is 4.96. The van der Waals surface area contributed by atoms with Crippen LogP contribution in [0, 0.1) is 0 Å². The number of anilines is 1. The number of carbonyl (C=O) groups is 1. The minimum absolute atomic E-state index is 0.00211. The Morgan fingerprint density at radius 1 is 1.26 bits per heavy atom. The molecule has 0 spiro atoms. The standard InChI is InChI=1S/C17H16F3N3O3S/c1-21-27(25,26)13-6-5-11-7-8-23(14(11)10-13)16(24)9-12-3-2-4-15(22-12)17(18,19)20/h2-6,10,21H,7-9H2,1H3. The first kappa shape index (κ1) is 19.3. The fourth-order valence-corrected chi connectivity index (χ4v) is 3.64. The molecule has 1 aliphatic heterocycles. The summed E-state index contributed by atoms with van der Waals surface area (Å²) in [5.41, 5.74) is 0.193. The van der Waals surface area contributed by atoms with Crippen LogP contribution < -0.4 is 9.62 Å². The number of hydrogen-bond acceptors (Lipinski definition) is 4. The van der Waals surface area contributed by atoms with Gasteiger partial charge in [0.2, 0.25) is 15.9 Å². The normalized spacial score (nSPS) is 14.3. The van der Waals surface area contributed by atoms with Gasteiger partial charge in [-0.2, -0.15) is 13.2 Å². The molecule has 0 aliphatic carbocycles. The fraction of sp³-hybridized carbons (Fsp3) is 0.294. The Morgan fingerprint density at radius 2 is 2.00 bits per heavy atom. The number of alkyl halides is 3. The van der Waals surface area contributed by atoms with E-state index in [9.17, 15) is 26.4 Å². The third-order valence-corrected chi connectivity index (χ3v) is 5.67. The summed E-state index contributed by atoms with van der Waals surface area (Å²) in [6.45, 7) is 0.330. The van der Waals surface area contributed by atoms with Gasteiger partial charge in [0.25, 0.3) is 0 Å². The molecule has 27 heavy (non-hydrogen) atoms. The SMILES string of the molecule is CNS(=O)(=O)c1ccc2c(c1)N(C(=O)Cc1cccc(C(F)(F)F)n1)CC2. The van der Waals surface area contributed by atoms with Crippen LogP contribution in [0.1, 0.15) is 17.0 Å². The molecule has 2 aromatic rings. The molecule has 1 N–H and O–H groups in total. The number of hydrogen-bond donors (Lipinski definition) is 1. The highest BCUT2D eigenvalue weighted by molar-refractivity contribution is 7.89. The molecule has 0 saturated heterocycles. The van der Waals surface area contributed by atoms with E-state index in [1.807, 2.05) is 0 Å². The Hall–Kier alpha value is -2.46. The number of pyridine rings is 1. The predicted molar refractivity (Wildman–Crippen MR) is 91.7 cm³/mol. The molecule has 0 saturated carbocycles. The number of benzene rings is 1. The zero-order valence-corrected chi connectivity index (χ0v) is 15.1. The highest BCUT2D eigenvalue weighted by atomic mass is 32.2. The van der Waals surface area contributed by atoms with Crippen molar-refractivity contribution in [3.63, 3.8) is 0 Å². The summed E-state index contributed by atoms with van der Waals surface area (Å²) < 4.78 is 64.5. The number of rotatable bonds is 4. The molecular weight excluding hydrogens is 383 g/mol. The van der Waals surface area contributed by atoms with Crippen molar-refractivity contribution in [2.75, 3.05) is 18.5 Å². The third-order valence-electron chi connectivity index (χ3n) is 4.26. The first-order chi connectivity index (χ1) is 12.6. The molecule has 0 unspecified atom stereocenters. The average molecular weight is 399 g/mol. The zero-order chi connectivity index (χ0) is 19.8. The second-order valence-electron chi connectivity index (χ2n) is 5.98. The lowest BCUT2D eigenvalue weighted by molar-refractivity contribution is -0.141. The van der Waals surface area contributed by atoms with Crippen molar-refractivity contribution < 1.29 is 26.4 Å². The van der Waals surface area contributed by atoms with Gasteiger partial charge in [0.05, 0.1) is 17.0 Å². The molecule has 10 heteroatoms. The molecule has 0 radical (unpaired) electrons. The van der Waals surface area contributed by atoms with Crippen LogP contribution in [-0.4, -0.2) is 32.9 Å². The first-order valence-electron chi connectivity index (χ1n) is 8.02. The summed E-state index contributed by atoms with van der Waals surface area (Å²) in [5.74, 6) is -0.445. The van der Waals surface area contributed by atoms with E-state index in [0.29, 0.717) is 18.7 Å². The van der Waals surface area contributed by atoms with Gasteiger partial charge in [-0.3, -0.25) is 4.79 Å². The van der Waals surface area contributed by atoms with Crippen LogP contribution >= 0.6 is 0 Å². The number of aromatic nitrogens is 1. The maximum absolute atomic E-state index is 12.8. The second-order valence-corrected chi connectivity index (χ2v) is 7.87. The number of halogens is 3. The number of sulfonamides is 1. The Balaban J connectivity index is 1.86. The molecule has 0 bridgehead atoms. The minimum Gasteiger partial charge on any atom is -0.311 e. The molecule has 0 atom stereocenters. The number of fused-ring (bicyclic) bond motifs is 1. The quantitative estimate of drug-likeness (QED) is 0.855. The lowest BCUT2D eigenvalue weighted by atomic mass is 10.1. The van der Waals surface area contributed by atoms with E-state index < -0.39 is 27.8 Å². The third kappa shape index (κ3) is 3.96. The minimum atomic E-state index is -4.59. The number of carbonyl (C=O) groups excluding carboxylic acids is 1. The van der Waals surface area contributed by atoms with E-state index in [1.54, 1.807) is 6.07 Å². The average Bonchev–Trinajstić information content (AvgIpc) is 3.04. The van der Waals surface area contributed by atoms with Crippen molar-refractivity contribution in [3.05, 3.63) is 53.3 Å². The molecule has 0 fully saturated rings. The van der Waals surface area contributed by atoms with E-state index in [0.717, 1.165) is 11.6 Å². The first-order valence-corrected chi connectivity index (χ1v) is 9.50.